The van der Waals surface area contributed by atoms with E-state index in [2.05, 4.69) is 5.16 Å². The molecular weight excluding hydrogens is 238 g/mol. The van der Waals surface area contributed by atoms with Crippen molar-refractivity contribution in [3.63, 3.8) is 0 Å². The molecular formula is C11H17N3O4. The number of methoxy groups -OCH3 is 1. The molecule has 1 saturated heterocycles. The summed E-state index contributed by atoms with van der Waals surface area (Å²) in [5.41, 5.74) is 0. The number of carbonyl (C=O) groups is 1. The number of hydrogen-bond donors (Lipinski definition) is 1. The first-order valence-electron chi connectivity index (χ1n) is 5.84. The quantitative estimate of drug-likeness (QED) is 0.867. The zero-order chi connectivity index (χ0) is 13.3. The van der Waals surface area contributed by atoms with Gasteiger partial charge < -0.3 is 19.3 Å². The van der Waals surface area contributed by atoms with E-state index >= 15 is 0 Å². The van der Waals surface area contributed by atoms with E-state index < -0.39 is 6.23 Å². The predicted octanol–water partition coefficient (Wildman–Crippen LogP) is 0.962. The van der Waals surface area contributed by atoms with Gasteiger partial charge in [-0.2, -0.15) is 0 Å². The van der Waals surface area contributed by atoms with Crippen molar-refractivity contribution in [2.24, 2.45) is 0 Å². The summed E-state index contributed by atoms with van der Waals surface area (Å²) in [7, 11) is 1.56. The van der Waals surface area contributed by atoms with Crippen LogP contribution in [-0.4, -0.2) is 47.6 Å². The van der Waals surface area contributed by atoms with Crippen molar-refractivity contribution < 1.29 is 19.2 Å². The lowest BCUT2D eigenvalue weighted by Crippen LogP contribution is -2.35. The molecule has 100 valence electrons. The molecule has 1 aromatic heterocycles. The van der Waals surface area contributed by atoms with Crippen LogP contribution in [0.4, 0.5) is 10.6 Å². The molecule has 1 fully saturated rings. The number of likely N-dealkylation sites (N-methyl/N-ethyl adjacent to an activating group) is 1. The maximum atomic E-state index is 12.0. The molecule has 0 aromatic carbocycles. The van der Waals surface area contributed by atoms with E-state index in [4.69, 9.17) is 9.26 Å². The van der Waals surface area contributed by atoms with Crippen LogP contribution >= 0.6 is 0 Å². The Morgan fingerprint density at radius 1 is 1.72 bits per heavy atom. The zero-order valence-corrected chi connectivity index (χ0v) is 10.7. The summed E-state index contributed by atoms with van der Waals surface area (Å²) in [6.45, 7) is 4.49. The molecule has 7 heteroatoms. The summed E-state index contributed by atoms with van der Waals surface area (Å²) in [5, 5.41) is 13.7. The Morgan fingerprint density at radius 2 is 2.44 bits per heavy atom. The highest BCUT2D eigenvalue weighted by atomic mass is 16.5. The minimum absolute atomic E-state index is 0.247. The second kappa shape index (κ2) is 4.95. The van der Waals surface area contributed by atoms with Crippen LogP contribution in [0.1, 0.15) is 25.7 Å². The number of amides is 2. The highest BCUT2D eigenvalue weighted by molar-refractivity contribution is 5.93. The van der Waals surface area contributed by atoms with Crippen LogP contribution in [0, 0.1) is 0 Å². The minimum Gasteiger partial charge on any atom is -0.374 e. The molecule has 1 aromatic rings. The lowest BCUT2D eigenvalue weighted by atomic mass is 10.3. The van der Waals surface area contributed by atoms with Crippen LogP contribution in [0.5, 0.6) is 0 Å². The maximum Gasteiger partial charge on any atom is 0.328 e. The molecule has 0 spiro atoms. The largest absolute Gasteiger partial charge is 0.374 e. The molecule has 18 heavy (non-hydrogen) atoms. The highest BCUT2D eigenvalue weighted by Crippen LogP contribution is 2.26. The number of ether oxygens (including phenoxy) is 1. The second-order valence-electron chi connectivity index (χ2n) is 4.14. The smallest absolute Gasteiger partial charge is 0.328 e. The number of aromatic nitrogens is 1. The van der Waals surface area contributed by atoms with E-state index in [1.54, 1.807) is 18.1 Å². The number of rotatable bonds is 4. The summed E-state index contributed by atoms with van der Waals surface area (Å²) < 4.78 is 10.2. The average molecular weight is 255 g/mol. The van der Waals surface area contributed by atoms with Crippen molar-refractivity contribution in [3.05, 3.63) is 11.8 Å². The molecule has 2 unspecified atom stereocenters. The fourth-order valence-corrected chi connectivity index (χ4v) is 1.85. The molecule has 0 radical (unpaired) electrons. The number of β-amino-alcohol motifs (C(OH)–C–C–N with tert-alkyl or cyclic N) is 1. The van der Waals surface area contributed by atoms with Gasteiger partial charge in [0.05, 0.1) is 6.54 Å². The van der Waals surface area contributed by atoms with Crippen molar-refractivity contribution in [1.82, 2.24) is 10.1 Å². The number of aliphatic hydroxyl groups excluding tert-OH is 1. The van der Waals surface area contributed by atoms with Gasteiger partial charge in [-0.05, 0) is 13.8 Å². The Morgan fingerprint density at radius 3 is 3.00 bits per heavy atom. The monoisotopic (exact) mass is 255 g/mol. The predicted molar refractivity (Wildman–Crippen MR) is 63.1 cm³/mol. The van der Waals surface area contributed by atoms with Crippen molar-refractivity contribution >= 4 is 11.8 Å². The number of urea groups is 1. The molecule has 0 bridgehead atoms. The number of nitrogens with zero attached hydrogens (tertiary/aromatic N) is 3. The summed E-state index contributed by atoms with van der Waals surface area (Å²) in [6.07, 6.45) is -1.14. The van der Waals surface area contributed by atoms with Crippen LogP contribution in [0.3, 0.4) is 0 Å². The standard InChI is InChI=1S/C11H17N3O4/c1-4-13-6-10(15)14(11(13)16)9-5-8(18-12-9)7(2)17-3/h5,7,10,15H,4,6H2,1-3H3. The highest BCUT2D eigenvalue weighted by Gasteiger charge is 2.38. The fraction of sp³-hybridized carbons (Fsp3) is 0.636. The molecule has 0 saturated carbocycles. The molecule has 0 aliphatic carbocycles. The first kappa shape index (κ1) is 12.8. The Kier molecular flexibility index (Phi) is 3.53. The van der Waals surface area contributed by atoms with Gasteiger partial charge in [-0.25, -0.2) is 9.69 Å². The summed E-state index contributed by atoms with van der Waals surface area (Å²) in [6, 6.07) is 1.34. The maximum absolute atomic E-state index is 12.0. The lowest BCUT2D eigenvalue weighted by molar-refractivity contribution is 0.0931. The zero-order valence-electron chi connectivity index (χ0n) is 10.7. The molecule has 7 nitrogen and oxygen atoms in total. The van der Waals surface area contributed by atoms with E-state index in [1.807, 2.05) is 13.8 Å². The second-order valence-corrected chi connectivity index (χ2v) is 4.14. The summed E-state index contributed by atoms with van der Waals surface area (Å²) in [5.74, 6) is 0.824. The number of carbonyl (C=O) groups excluding carboxylic acids is 1. The van der Waals surface area contributed by atoms with Gasteiger partial charge in [0.1, 0.15) is 6.10 Å². The van der Waals surface area contributed by atoms with E-state index in [9.17, 15) is 9.90 Å². The van der Waals surface area contributed by atoms with Gasteiger partial charge in [0.2, 0.25) is 0 Å². The van der Waals surface area contributed by atoms with Crippen molar-refractivity contribution in [1.29, 1.82) is 0 Å². The molecule has 1 aliphatic heterocycles. The van der Waals surface area contributed by atoms with Crippen molar-refractivity contribution in [3.8, 4) is 0 Å². The van der Waals surface area contributed by atoms with Crippen LogP contribution in [0.15, 0.2) is 10.6 Å². The van der Waals surface area contributed by atoms with Crippen LogP contribution in [-0.2, 0) is 4.74 Å². The van der Waals surface area contributed by atoms with Crippen molar-refractivity contribution in [2.75, 3.05) is 25.1 Å². The number of aliphatic hydroxyl groups is 1. The third-order valence-electron chi connectivity index (χ3n) is 3.06. The van der Waals surface area contributed by atoms with Gasteiger partial charge in [-0.15, -0.1) is 0 Å². The van der Waals surface area contributed by atoms with Crippen LogP contribution < -0.4 is 4.90 Å². The van der Waals surface area contributed by atoms with Gasteiger partial charge in [-0.1, -0.05) is 5.16 Å². The lowest BCUT2D eigenvalue weighted by Gasteiger charge is -2.15. The summed E-state index contributed by atoms with van der Waals surface area (Å²) in [4.78, 5) is 14.7. The molecule has 2 amide bonds. The average Bonchev–Trinajstić information content (AvgIpc) is 2.93. The Bertz CT molecular complexity index is 434. The third kappa shape index (κ3) is 2.06. The van der Waals surface area contributed by atoms with E-state index in [-0.39, 0.29) is 18.7 Å². The molecule has 2 rings (SSSR count). The SMILES string of the molecule is CCN1CC(O)N(c2cc(C(C)OC)on2)C1=O. The third-order valence-corrected chi connectivity index (χ3v) is 3.06. The van der Waals surface area contributed by atoms with E-state index in [0.717, 1.165) is 0 Å². The van der Waals surface area contributed by atoms with Gasteiger partial charge in [0.15, 0.2) is 17.8 Å². The molecule has 1 aliphatic rings. The normalized spacial score (nSPS) is 21.8. The molecule has 1 N–H and O–H groups in total. The van der Waals surface area contributed by atoms with Crippen LogP contribution in [0.25, 0.3) is 0 Å². The van der Waals surface area contributed by atoms with Gasteiger partial charge in [0.25, 0.3) is 0 Å². The van der Waals surface area contributed by atoms with Gasteiger partial charge in [-0.3, -0.25) is 0 Å². The topological polar surface area (TPSA) is 79.0 Å². The van der Waals surface area contributed by atoms with Gasteiger partial charge >= 0.3 is 6.03 Å². The minimum atomic E-state index is -0.895. The molecule has 2 heterocycles. The fourth-order valence-electron chi connectivity index (χ4n) is 1.85. The number of anilines is 1. The Hall–Kier alpha value is -1.60. The van der Waals surface area contributed by atoms with Crippen LogP contribution in [0.2, 0.25) is 0 Å². The van der Waals surface area contributed by atoms with Crippen molar-refractivity contribution in [2.45, 2.75) is 26.2 Å². The first-order chi connectivity index (χ1) is 8.58. The first-order valence-corrected chi connectivity index (χ1v) is 5.84. The van der Waals surface area contributed by atoms with Gasteiger partial charge in [0, 0.05) is 19.7 Å². The summed E-state index contributed by atoms with van der Waals surface area (Å²) >= 11 is 0. The Balaban J connectivity index is 2.21. The number of hydrogen-bond acceptors (Lipinski definition) is 5. The molecule has 2 atom stereocenters. The van der Waals surface area contributed by atoms with E-state index in [0.29, 0.717) is 18.1 Å². The Labute approximate surface area is 105 Å². The van der Waals surface area contributed by atoms with E-state index in [1.165, 1.54) is 4.90 Å².